The Hall–Kier alpha value is -1.27. The van der Waals surface area contributed by atoms with Gasteiger partial charge in [0.05, 0.1) is 20.1 Å². The Kier molecular flexibility index (Phi) is 4.31. The van der Waals surface area contributed by atoms with E-state index in [4.69, 9.17) is 14.6 Å². The third kappa shape index (κ3) is 2.84. The van der Waals surface area contributed by atoms with Crippen LogP contribution in [0.2, 0.25) is 0 Å². The zero-order valence-corrected chi connectivity index (χ0v) is 12.4. The van der Waals surface area contributed by atoms with Crippen molar-refractivity contribution in [2.45, 2.75) is 12.5 Å². The van der Waals surface area contributed by atoms with E-state index in [2.05, 4.69) is 21.2 Å². The Morgan fingerprint density at radius 3 is 2.53 bits per heavy atom. The minimum absolute atomic E-state index is 0.00952. The lowest BCUT2D eigenvalue weighted by Crippen LogP contribution is -2.17. The lowest BCUT2D eigenvalue weighted by Gasteiger charge is -2.16. The molecule has 0 amide bonds. The van der Waals surface area contributed by atoms with Gasteiger partial charge in [0.25, 0.3) is 0 Å². The van der Waals surface area contributed by atoms with Crippen molar-refractivity contribution in [3.8, 4) is 11.5 Å². The summed E-state index contributed by atoms with van der Waals surface area (Å²) in [6.45, 7) is 0.487. The Labute approximate surface area is 120 Å². The second-order valence-electron chi connectivity index (χ2n) is 4.46. The van der Waals surface area contributed by atoms with Crippen molar-refractivity contribution in [2.24, 2.45) is 5.92 Å². The standard InChI is InChI=1S/C13H16BrNO4/c1-18-11-4-8(9(14)5-12(11)19-2)10-3-7(6-15-10)13(16)17/h4-5,7,10,15H,3,6H2,1-2H3,(H,16,17). The lowest BCUT2D eigenvalue weighted by molar-refractivity contribution is -0.141. The number of carboxylic acid groups (broad SMARTS) is 1. The van der Waals surface area contributed by atoms with Crippen molar-refractivity contribution < 1.29 is 19.4 Å². The number of aliphatic carboxylic acids is 1. The molecule has 6 heteroatoms. The van der Waals surface area contributed by atoms with Crippen LogP contribution < -0.4 is 14.8 Å². The molecule has 1 aliphatic rings. The molecule has 1 aromatic rings. The molecule has 0 spiro atoms. The number of ether oxygens (including phenoxy) is 2. The average molecular weight is 330 g/mol. The fourth-order valence-electron chi connectivity index (χ4n) is 2.30. The van der Waals surface area contributed by atoms with Crippen LogP contribution in [0.15, 0.2) is 16.6 Å². The molecule has 0 aromatic heterocycles. The molecule has 104 valence electrons. The Bertz CT molecular complexity index is 492. The predicted molar refractivity (Wildman–Crippen MR) is 73.7 cm³/mol. The van der Waals surface area contributed by atoms with E-state index in [9.17, 15) is 4.79 Å². The van der Waals surface area contributed by atoms with E-state index in [0.717, 1.165) is 10.0 Å². The highest BCUT2D eigenvalue weighted by Gasteiger charge is 2.31. The van der Waals surface area contributed by atoms with Crippen LogP contribution in [-0.2, 0) is 4.79 Å². The Morgan fingerprint density at radius 1 is 1.37 bits per heavy atom. The van der Waals surface area contributed by atoms with Gasteiger partial charge in [-0.3, -0.25) is 4.79 Å². The summed E-state index contributed by atoms with van der Waals surface area (Å²) in [5, 5.41) is 12.3. The van der Waals surface area contributed by atoms with Crippen LogP contribution >= 0.6 is 15.9 Å². The number of methoxy groups -OCH3 is 2. The molecule has 0 bridgehead atoms. The zero-order chi connectivity index (χ0) is 14.0. The van der Waals surface area contributed by atoms with Crippen molar-refractivity contribution in [1.29, 1.82) is 0 Å². The van der Waals surface area contributed by atoms with Gasteiger partial charge in [0, 0.05) is 17.1 Å². The van der Waals surface area contributed by atoms with Crippen LogP contribution in [0.4, 0.5) is 0 Å². The Balaban J connectivity index is 2.28. The molecule has 0 saturated carbocycles. The first-order valence-corrected chi connectivity index (χ1v) is 6.73. The third-order valence-corrected chi connectivity index (χ3v) is 4.05. The van der Waals surface area contributed by atoms with E-state index in [1.165, 1.54) is 0 Å². The van der Waals surface area contributed by atoms with Gasteiger partial charge in [0.15, 0.2) is 11.5 Å². The molecule has 5 nitrogen and oxygen atoms in total. The zero-order valence-electron chi connectivity index (χ0n) is 10.8. The molecule has 2 rings (SSSR count). The number of rotatable bonds is 4. The number of halogens is 1. The highest BCUT2D eigenvalue weighted by molar-refractivity contribution is 9.10. The van der Waals surface area contributed by atoms with Crippen LogP contribution in [0.3, 0.4) is 0 Å². The van der Waals surface area contributed by atoms with E-state index in [1.807, 2.05) is 12.1 Å². The summed E-state index contributed by atoms with van der Waals surface area (Å²) in [4.78, 5) is 11.0. The van der Waals surface area contributed by atoms with E-state index < -0.39 is 5.97 Å². The number of carbonyl (C=O) groups is 1. The minimum atomic E-state index is -0.758. The molecule has 0 aliphatic carbocycles. The summed E-state index contributed by atoms with van der Waals surface area (Å²) >= 11 is 3.50. The average Bonchev–Trinajstić information content (AvgIpc) is 2.87. The van der Waals surface area contributed by atoms with Gasteiger partial charge in [0.2, 0.25) is 0 Å². The molecule has 2 unspecified atom stereocenters. The van der Waals surface area contributed by atoms with Gasteiger partial charge in [-0.15, -0.1) is 0 Å². The molecule has 0 radical (unpaired) electrons. The monoisotopic (exact) mass is 329 g/mol. The normalized spacial score (nSPS) is 22.3. The van der Waals surface area contributed by atoms with Gasteiger partial charge in [-0.05, 0) is 24.1 Å². The molecule has 2 N–H and O–H groups in total. The SMILES string of the molecule is COc1cc(Br)c(C2CC(C(=O)O)CN2)cc1OC. The predicted octanol–water partition coefficient (Wildman–Crippen LogP) is 2.20. The number of hydrogen-bond donors (Lipinski definition) is 2. The van der Waals surface area contributed by atoms with Crippen LogP contribution in [-0.4, -0.2) is 31.8 Å². The summed E-state index contributed by atoms with van der Waals surface area (Å²) < 4.78 is 11.4. The highest BCUT2D eigenvalue weighted by atomic mass is 79.9. The molecular weight excluding hydrogens is 314 g/mol. The molecule has 1 heterocycles. The van der Waals surface area contributed by atoms with Crippen LogP contribution in [0, 0.1) is 5.92 Å². The van der Waals surface area contributed by atoms with Gasteiger partial charge in [-0.1, -0.05) is 15.9 Å². The number of hydrogen-bond acceptors (Lipinski definition) is 4. The third-order valence-electron chi connectivity index (χ3n) is 3.36. The van der Waals surface area contributed by atoms with E-state index >= 15 is 0 Å². The maximum atomic E-state index is 11.0. The van der Waals surface area contributed by atoms with Crippen LogP contribution in [0.25, 0.3) is 0 Å². The second-order valence-corrected chi connectivity index (χ2v) is 5.31. The first-order chi connectivity index (χ1) is 9.06. The molecule has 19 heavy (non-hydrogen) atoms. The van der Waals surface area contributed by atoms with E-state index in [1.54, 1.807) is 14.2 Å². The van der Waals surface area contributed by atoms with Gasteiger partial charge >= 0.3 is 5.97 Å². The van der Waals surface area contributed by atoms with Crippen molar-refractivity contribution in [3.63, 3.8) is 0 Å². The van der Waals surface area contributed by atoms with Crippen molar-refractivity contribution in [3.05, 3.63) is 22.2 Å². The molecule has 1 saturated heterocycles. The van der Waals surface area contributed by atoms with Crippen molar-refractivity contribution in [1.82, 2.24) is 5.32 Å². The molecule has 1 fully saturated rings. The van der Waals surface area contributed by atoms with Crippen LogP contribution in [0.5, 0.6) is 11.5 Å². The number of nitrogens with one attached hydrogen (secondary N) is 1. The molecule has 2 atom stereocenters. The fraction of sp³-hybridized carbons (Fsp3) is 0.462. The van der Waals surface area contributed by atoms with Gasteiger partial charge in [-0.25, -0.2) is 0 Å². The topological polar surface area (TPSA) is 67.8 Å². The number of carboxylic acids is 1. The summed E-state index contributed by atoms with van der Waals surface area (Å²) in [7, 11) is 3.16. The first-order valence-electron chi connectivity index (χ1n) is 5.94. The van der Waals surface area contributed by atoms with Crippen molar-refractivity contribution >= 4 is 21.9 Å². The van der Waals surface area contributed by atoms with Gasteiger partial charge in [0.1, 0.15) is 0 Å². The van der Waals surface area contributed by atoms with E-state index in [0.29, 0.717) is 24.5 Å². The maximum Gasteiger partial charge on any atom is 0.307 e. The molecule has 1 aromatic carbocycles. The van der Waals surface area contributed by atoms with Gasteiger partial charge in [-0.2, -0.15) is 0 Å². The Morgan fingerprint density at radius 2 is 2.00 bits per heavy atom. The maximum absolute atomic E-state index is 11.0. The summed E-state index contributed by atoms with van der Waals surface area (Å²) in [6.07, 6.45) is 0.573. The quantitative estimate of drug-likeness (QED) is 0.886. The fourth-order valence-corrected chi connectivity index (χ4v) is 2.90. The largest absolute Gasteiger partial charge is 0.493 e. The molecule has 1 aliphatic heterocycles. The summed E-state index contributed by atoms with van der Waals surface area (Å²) in [5.41, 5.74) is 0.987. The lowest BCUT2D eigenvalue weighted by atomic mass is 10.00. The molecular formula is C13H16BrNO4. The van der Waals surface area contributed by atoms with Crippen molar-refractivity contribution in [2.75, 3.05) is 20.8 Å². The van der Waals surface area contributed by atoms with E-state index in [-0.39, 0.29) is 12.0 Å². The van der Waals surface area contributed by atoms with Gasteiger partial charge < -0.3 is 19.9 Å². The summed E-state index contributed by atoms with van der Waals surface area (Å²) in [6, 6.07) is 3.73. The first kappa shape index (κ1) is 14.1. The number of benzene rings is 1. The minimum Gasteiger partial charge on any atom is -0.493 e. The smallest absolute Gasteiger partial charge is 0.307 e. The summed E-state index contributed by atoms with van der Waals surface area (Å²) in [5.74, 6) is 0.184. The second kappa shape index (κ2) is 5.79. The highest BCUT2D eigenvalue weighted by Crippen LogP contribution is 2.39. The van der Waals surface area contributed by atoms with Crippen LogP contribution in [0.1, 0.15) is 18.0 Å².